The third-order valence-corrected chi connectivity index (χ3v) is 6.40. The standard InChI is InChI=1S/C25H24FN5O3/c26-21-10-19-22(11-23(21)29-9-6-17(12-27)14-29)30(15-20(24(19)32)25(33)34)13-16-2-4-18(5-3-16)31-8-1-7-28-31/h1-5,7-8,10-11,15,17H,6,9,12-14,27H2,(H,33,34)/t17-/m0/s1. The summed E-state index contributed by atoms with van der Waals surface area (Å²) in [4.78, 5) is 26.5. The summed E-state index contributed by atoms with van der Waals surface area (Å²) in [6.45, 7) is 2.17. The Balaban J connectivity index is 1.59. The van der Waals surface area contributed by atoms with Crippen LogP contribution in [0, 0.1) is 11.7 Å². The summed E-state index contributed by atoms with van der Waals surface area (Å²) >= 11 is 0. The molecule has 8 nitrogen and oxygen atoms in total. The third kappa shape index (κ3) is 3.94. The van der Waals surface area contributed by atoms with Crippen molar-refractivity contribution in [2.75, 3.05) is 24.5 Å². The molecule has 4 aromatic rings. The SMILES string of the molecule is NC[C@@H]1CCN(c2cc3c(cc2F)c(=O)c(C(=O)O)cn3Cc2ccc(-n3cccn3)cc2)C1. The number of carboxylic acid groups (broad SMARTS) is 1. The first-order valence-electron chi connectivity index (χ1n) is 11.1. The molecule has 0 amide bonds. The van der Waals surface area contributed by atoms with Gasteiger partial charge in [0.15, 0.2) is 0 Å². The lowest BCUT2D eigenvalue weighted by Gasteiger charge is -2.21. The van der Waals surface area contributed by atoms with Crippen molar-refractivity contribution in [1.29, 1.82) is 0 Å². The lowest BCUT2D eigenvalue weighted by atomic mass is 10.1. The van der Waals surface area contributed by atoms with Crippen molar-refractivity contribution in [2.24, 2.45) is 11.7 Å². The van der Waals surface area contributed by atoms with E-state index in [1.165, 1.54) is 6.20 Å². The van der Waals surface area contributed by atoms with Gasteiger partial charge in [0.05, 0.1) is 16.9 Å². The number of pyridine rings is 1. The molecule has 3 heterocycles. The van der Waals surface area contributed by atoms with Gasteiger partial charge in [0.1, 0.15) is 11.4 Å². The van der Waals surface area contributed by atoms with Gasteiger partial charge in [-0.2, -0.15) is 5.10 Å². The summed E-state index contributed by atoms with van der Waals surface area (Å²) in [6, 6.07) is 12.3. The highest BCUT2D eigenvalue weighted by Crippen LogP contribution is 2.30. The normalized spacial score (nSPS) is 15.8. The average molecular weight is 461 g/mol. The Labute approximate surface area is 194 Å². The lowest BCUT2D eigenvalue weighted by Crippen LogP contribution is -2.24. The summed E-state index contributed by atoms with van der Waals surface area (Å²) in [5.74, 6) is -1.59. The molecule has 0 bridgehead atoms. The number of aromatic nitrogens is 3. The zero-order valence-electron chi connectivity index (χ0n) is 18.4. The Morgan fingerprint density at radius 1 is 1.24 bits per heavy atom. The summed E-state index contributed by atoms with van der Waals surface area (Å²) in [7, 11) is 0. The summed E-state index contributed by atoms with van der Waals surface area (Å²) in [5, 5.41) is 13.8. The van der Waals surface area contributed by atoms with E-state index in [0.717, 1.165) is 23.7 Å². The number of anilines is 1. The number of hydrogen-bond donors (Lipinski definition) is 2. The fourth-order valence-electron chi connectivity index (χ4n) is 4.54. The molecule has 34 heavy (non-hydrogen) atoms. The number of rotatable bonds is 6. The molecule has 0 aliphatic carbocycles. The fourth-order valence-corrected chi connectivity index (χ4v) is 4.54. The van der Waals surface area contributed by atoms with Crippen LogP contribution >= 0.6 is 0 Å². The van der Waals surface area contributed by atoms with Crippen molar-refractivity contribution in [3.05, 3.63) is 88.2 Å². The highest BCUT2D eigenvalue weighted by atomic mass is 19.1. The second-order valence-electron chi connectivity index (χ2n) is 8.58. The number of fused-ring (bicyclic) bond motifs is 1. The van der Waals surface area contributed by atoms with Crippen LogP contribution in [0.15, 0.2) is 65.8 Å². The zero-order valence-corrected chi connectivity index (χ0v) is 18.4. The van der Waals surface area contributed by atoms with Gasteiger partial charge in [-0.15, -0.1) is 0 Å². The molecule has 3 N–H and O–H groups in total. The maximum absolute atomic E-state index is 15.1. The van der Waals surface area contributed by atoms with Gasteiger partial charge in [0.2, 0.25) is 5.43 Å². The maximum Gasteiger partial charge on any atom is 0.341 e. The van der Waals surface area contributed by atoms with Gasteiger partial charge in [-0.1, -0.05) is 12.1 Å². The van der Waals surface area contributed by atoms with Gasteiger partial charge in [-0.25, -0.2) is 13.9 Å². The molecule has 2 aromatic carbocycles. The van der Waals surface area contributed by atoms with Crippen molar-refractivity contribution >= 4 is 22.6 Å². The molecule has 1 fully saturated rings. The molecule has 2 aromatic heterocycles. The van der Waals surface area contributed by atoms with Crippen LogP contribution in [0.2, 0.25) is 0 Å². The van der Waals surface area contributed by atoms with E-state index in [1.54, 1.807) is 21.5 Å². The van der Waals surface area contributed by atoms with Crippen LogP contribution in [0.1, 0.15) is 22.3 Å². The minimum atomic E-state index is -1.34. The van der Waals surface area contributed by atoms with Crippen LogP contribution in [0.3, 0.4) is 0 Å². The smallest absolute Gasteiger partial charge is 0.341 e. The lowest BCUT2D eigenvalue weighted by molar-refractivity contribution is 0.0695. The Bertz CT molecular complexity index is 1410. The molecule has 0 spiro atoms. The number of hydrogen-bond acceptors (Lipinski definition) is 5. The second-order valence-corrected chi connectivity index (χ2v) is 8.58. The van der Waals surface area contributed by atoms with Crippen molar-refractivity contribution < 1.29 is 14.3 Å². The van der Waals surface area contributed by atoms with E-state index in [-0.39, 0.29) is 5.39 Å². The highest BCUT2D eigenvalue weighted by Gasteiger charge is 2.25. The molecule has 0 unspecified atom stereocenters. The van der Waals surface area contributed by atoms with Crippen LogP contribution in [-0.2, 0) is 6.54 Å². The number of nitrogens with zero attached hydrogens (tertiary/aromatic N) is 4. The Morgan fingerprint density at radius 2 is 2.03 bits per heavy atom. The van der Waals surface area contributed by atoms with Crippen LogP contribution in [0.5, 0.6) is 0 Å². The van der Waals surface area contributed by atoms with Gasteiger partial charge in [-0.05, 0) is 54.8 Å². The van der Waals surface area contributed by atoms with Crippen molar-refractivity contribution in [2.45, 2.75) is 13.0 Å². The van der Waals surface area contributed by atoms with Crippen molar-refractivity contribution in [3.63, 3.8) is 0 Å². The molecule has 1 atom stereocenters. The van der Waals surface area contributed by atoms with Gasteiger partial charge in [-0.3, -0.25) is 4.79 Å². The molecule has 5 rings (SSSR count). The predicted molar refractivity (Wildman–Crippen MR) is 127 cm³/mol. The molecule has 9 heteroatoms. The molecular weight excluding hydrogens is 437 g/mol. The number of carboxylic acids is 1. The van der Waals surface area contributed by atoms with E-state index >= 15 is 4.39 Å². The van der Waals surface area contributed by atoms with E-state index in [4.69, 9.17) is 5.73 Å². The summed E-state index contributed by atoms with van der Waals surface area (Å²) in [5.41, 5.74) is 7.37. The average Bonchev–Trinajstić information content (AvgIpc) is 3.53. The molecule has 1 saturated heterocycles. The van der Waals surface area contributed by atoms with E-state index in [2.05, 4.69) is 5.10 Å². The van der Waals surface area contributed by atoms with E-state index < -0.39 is 22.8 Å². The van der Waals surface area contributed by atoms with Gasteiger partial charge >= 0.3 is 5.97 Å². The zero-order chi connectivity index (χ0) is 23.8. The van der Waals surface area contributed by atoms with Gasteiger partial charge < -0.3 is 20.3 Å². The molecule has 1 aliphatic rings. The first-order valence-corrected chi connectivity index (χ1v) is 11.1. The highest BCUT2D eigenvalue weighted by molar-refractivity contribution is 5.93. The van der Waals surface area contributed by atoms with Crippen molar-refractivity contribution in [1.82, 2.24) is 14.3 Å². The van der Waals surface area contributed by atoms with Gasteiger partial charge in [0, 0.05) is 43.6 Å². The maximum atomic E-state index is 15.1. The Kier molecular flexibility index (Phi) is 5.62. The summed E-state index contributed by atoms with van der Waals surface area (Å²) in [6.07, 6.45) is 5.75. The predicted octanol–water partition coefficient (Wildman–Crippen LogP) is 2.86. The largest absolute Gasteiger partial charge is 0.477 e. The Hall–Kier alpha value is -3.98. The van der Waals surface area contributed by atoms with E-state index in [1.807, 2.05) is 41.4 Å². The first kappa shape index (κ1) is 21.8. The van der Waals surface area contributed by atoms with Crippen molar-refractivity contribution in [3.8, 4) is 5.69 Å². The molecular formula is C25H24FN5O3. The molecule has 0 radical (unpaired) electrons. The summed E-state index contributed by atoms with van der Waals surface area (Å²) < 4.78 is 18.5. The van der Waals surface area contributed by atoms with E-state index in [0.29, 0.717) is 43.3 Å². The van der Waals surface area contributed by atoms with Gasteiger partial charge in [0.25, 0.3) is 0 Å². The number of carbonyl (C=O) groups is 1. The molecule has 1 aliphatic heterocycles. The monoisotopic (exact) mass is 461 g/mol. The minimum absolute atomic E-state index is 0.0453. The van der Waals surface area contributed by atoms with Crippen LogP contribution in [-0.4, -0.2) is 45.1 Å². The molecule has 174 valence electrons. The number of benzene rings is 2. The van der Waals surface area contributed by atoms with E-state index in [9.17, 15) is 14.7 Å². The van der Waals surface area contributed by atoms with Crippen LogP contribution in [0.25, 0.3) is 16.6 Å². The molecule has 0 saturated carbocycles. The Morgan fingerprint density at radius 3 is 2.68 bits per heavy atom. The number of halogens is 1. The van der Waals surface area contributed by atoms with Crippen LogP contribution in [0.4, 0.5) is 10.1 Å². The first-order chi connectivity index (χ1) is 16.4. The number of nitrogens with two attached hydrogens (primary N) is 1. The topological polar surface area (TPSA) is 106 Å². The second kappa shape index (κ2) is 8.75. The number of aromatic carboxylic acids is 1. The minimum Gasteiger partial charge on any atom is -0.477 e. The third-order valence-electron chi connectivity index (χ3n) is 6.40. The fraction of sp³-hybridized carbons (Fsp3) is 0.240. The van der Waals surface area contributed by atoms with Crippen LogP contribution < -0.4 is 16.1 Å². The quantitative estimate of drug-likeness (QED) is 0.457.